The highest BCUT2D eigenvalue weighted by atomic mass is 16.5. The highest BCUT2D eigenvalue weighted by Crippen LogP contribution is 2.46. The number of hydrogen-bond donors (Lipinski definition) is 0. The smallest absolute Gasteiger partial charge is 0.164 e. The molecule has 0 saturated heterocycles. The quantitative estimate of drug-likeness (QED) is 0.182. The van der Waals surface area contributed by atoms with Crippen molar-refractivity contribution in [1.29, 1.82) is 0 Å². The van der Waals surface area contributed by atoms with Crippen LogP contribution in [0.25, 0.3) is 77.6 Å². The van der Waals surface area contributed by atoms with E-state index in [-0.39, 0.29) is 12.0 Å². The summed E-state index contributed by atoms with van der Waals surface area (Å²) in [6.45, 7) is 0. The summed E-state index contributed by atoms with van der Waals surface area (Å²) in [5, 5.41) is 7.36. The van der Waals surface area contributed by atoms with Gasteiger partial charge in [-0.3, -0.25) is 0 Å². The first-order valence-electron chi connectivity index (χ1n) is 16.7. The van der Waals surface area contributed by atoms with Crippen molar-refractivity contribution in [2.75, 3.05) is 0 Å². The maximum atomic E-state index is 6.32. The monoisotopic (exact) mass is 627 g/mol. The van der Waals surface area contributed by atoms with Crippen LogP contribution in [0.5, 0.6) is 5.75 Å². The van der Waals surface area contributed by atoms with Crippen LogP contribution in [0.4, 0.5) is 0 Å². The Labute approximate surface area is 283 Å². The van der Waals surface area contributed by atoms with E-state index in [0.717, 1.165) is 33.4 Å². The Kier molecular flexibility index (Phi) is 6.28. The molecule has 1 aromatic heterocycles. The van der Waals surface area contributed by atoms with Crippen LogP contribution < -0.4 is 4.74 Å². The van der Waals surface area contributed by atoms with Gasteiger partial charge in [-0.1, -0.05) is 140 Å². The molecule has 1 aliphatic heterocycles. The lowest BCUT2D eigenvalue weighted by Gasteiger charge is -2.16. The molecule has 2 atom stereocenters. The van der Waals surface area contributed by atoms with Gasteiger partial charge in [-0.15, -0.1) is 0 Å². The minimum atomic E-state index is 0.0301. The first-order chi connectivity index (χ1) is 24.3. The standard InChI is InChI=1S/C45H29N3O/c1-2-11-30(12-3-1)43-46-44(33-14-8-13-31(26-33)36-17-9-19-40-42(36)38-16-6-7-18-39(38)49-40)48-45(47-43)34-24-25-37-32(27-34)23-22-29-21-20-28-10-4-5-15-35(28)41(29)37/h1-27,38-39H. The van der Waals surface area contributed by atoms with E-state index in [4.69, 9.17) is 19.7 Å². The van der Waals surface area contributed by atoms with Crippen LogP contribution in [0.1, 0.15) is 11.5 Å². The van der Waals surface area contributed by atoms with Gasteiger partial charge >= 0.3 is 0 Å². The van der Waals surface area contributed by atoms with Crippen molar-refractivity contribution in [1.82, 2.24) is 15.0 Å². The predicted molar refractivity (Wildman–Crippen MR) is 200 cm³/mol. The highest BCUT2D eigenvalue weighted by Gasteiger charge is 2.34. The van der Waals surface area contributed by atoms with Crippen molar-refractivity contribution in [3.63, 3.8) is 0 Å². The molecule has 0 bridgehead atoms. The van der Waals surface area contributed by atoms with Crippen molar-refractivity contribution >= 4 is 32.3 Å². The average Bonchev–Trinajstić information content (AvgIpc) is 3.57. The summed E-state index contributed by atoms with van der Waals surface area (Å²) in [5.41, 5.74) is 6.33. The summed E-state index contributed by atoms with van der Waals surface area (Å²) in [6, 6.07) is 49.0. The van der Waals surface area contributed by atoms with Crippen molar-refractivity contribution < 1.29 is 4.74 Å². The lowest BCUT2D eigenvalue weighted by molar-refractivity contribution is 0.269. The molecular weight excluding hydrogens is 599 g/mol. The molecule has 0 spiro atoms. The van der Waals surface area contributed by atoms with Crippen LogP contribution in [0.15, 0.2) is 164 Å². The highest BCUT2D eigenvalue weighted by molar-refractivity contribution is 6.20. The second kappa shape index (κ2) is 11.1. The number of benzene rings is 7. The van der Waals surface area contributed by atoms with Crippen LogP contribution in [0.2, 0.25) is 0 Å². The lowest BCUT2D eigenvalue weighted by atomic mass is 9.86. The third kappa shape index (κ3) is 4.64. The Balaban J connectivity index is 1.12. The predicted octanol–water partition coefficient (Wildman–Crippen LogP) is 11.0. The van der Waals surface area contributed by atoms with Crippen molar-refractivity contribution in [2.24, 2.45) is 0 Å². The Hall–Kier alpha value is -6.39. The fraction of sp³-hybridized carbons (Fsp3) is 0.0444. The number of nitrogens with zero attached hydrogens (tertiary/aromatic N) is 3. The van der Waals surface area contributed by atoms with Crippen molar-refractivity contribution in [3.05, 3.63) is 169 Å². The Morgan fingerprint density at radius 3 is 1.98 bits per heavy atom. The molecule has 0 saturated carbocycles. The zero-order valence-electron chi connectivity index (χ0n) is 26.5. The molecule has 2 aliphatic rings. The molecule has 4 heteroatoms. The molecule has 10 rings (SSSR count). The largest absolute Gasteiger partial charge is 0.485 e. The van der Waals surface area contributed by atoms with Gasteiger partial charge in [-0.2, -0.15) is 0 Å². The fourth-order valence-corrected chi connectivity index (χ4v) is 7.50. The number of allylic oxidation sites excluding steroid dienone is 2. The van der Waals surface area contributed by atoms with E-state index >= 15 is 0 Å². The van der Waals surface area contributed by atoms with E-state index in [9.17, 15) is 0 Å². The fourth-order valence-electron chi connectivity index (χ4n) is 7.50. The van der Waals surface area contributed by atoms with Gasteiger partial charge in [0.15, 0.2) is 17.5 Å². The van der Waals surface area contributed by atoms with E-state index in [2.05, 4.69) is 133 Å². The van der Waals surface area contributed by atoms with Gasteiger partial charge < -0.3 is 4.74 Å². The van der Waals surface area contributed by atoms with Gasteiger partial charge in [0.25, 0.3) is 0 Å². The van der Waals surface area contributed by atoms with Crippen LogP contribution in [-0.4, -0.2) is 21.1 Å². The average molecular weight is 628 g/mol. The molecular formula is C45H29N3O. The molecule has 7 aromatic carbocycles. The van der Waals surface area contributed by atoms with Crippen LogP contribution >= 0.6 is 0 Å². The maximum Gasteiger partial charge on any atom is 0.164 e. The van der Waals surface area contributed by atoms with E-state index < -0.39 is 0 Å². The Bertz CT molecular complexity index is 2660. The Morgan fingerprint density at radius 1 is 0.449 bits per heavy atom. The van der Waals surface area contributed by atoms with Gasteiger partial charge in [0.05, 0.1) is 0 Å². The van der Waals surface area contributed by atoms with Crippen molar-refractivity contribution in [3.8, 4) is 51.0 Å². The molecule has 2 unspecified atom stereocenters. The minimum Gasteiger partial charge on any atom is -0.485 e. The van der Waals surface area contributed by atoms with Gasteiger partial charge in [-0.05, 0) is 67.7 Å². The number of rotatable bonds is 4. The van der Waals surface area contributed by atoms with E-state index in [1.165, 1.54) is 38.1 Å². The minimum absolute atomic E-state index is 0.0301. The SMILES string of the molecule is C1=CC2Oc3cccc(-c4cccc(-c5nc(-c6ccccc6)nc(-c6ccc7c(ccc8ccc9ccccc9c87)c6)n5)c4)c3C2C=C1. The van der Waals surface area contributed by atoms with Gasteiger partial charge in [0.1, 0.15) is 11.9 Å². The first kappa shape index (κ1) is 27.7. The molecule has 0 amide bonds. The maximum absolute atomic E-state index is 6.32. The van der Waals surface area contributed by atoms with Gasteiger partial charge in [0, 0.05) is 28.2 Å². The summed E-state index contributed by atoms with van der Waals surface area (Å²) >= 11 is 0. The first-order valence-corrected chi connectivity index (χ1v) is 16.7. The molecule has 0 radical (unpaired) electrons. The normalized spacial score (nSPS) is 16.2. The summed E-state index contributed by atoms with van der Waals surface area (Å²) in [5.74, 6) is 3.06. The lowest BCUT2D eigenvalue weighted by Crippen LogP contribution is -2.15. The third-order valence-corrected chi connectivity index (χ3v) is 9.83. The summed E-state index contributed by atoms with van der Waals surface area (Å²) in [7, 11) is 0. The topological polar surface area (TPSA) is 47.9 Å². The number of fused-ring (bicyclic) bond motifs is 8. The Morgan fingerprint density at radius 2 is 1.10 bits per heavy atom. The van der Waals surface area contributed by atoms with Gasteiger partial charge in [-0.25, -0.2) is 15.0 Å². The van der Waals surface area contributed by atoms with E-state index in [1.54, 1.807) is 0 Å². The van der Waals surface area contributed by atoms with E-state index in [0.29, 0.717) is 17.5 Å². The van der Waals surface area contributed by atoms with Crippen molar-refractivity contribution in [2.45, 2.75) is 12.0 Å². The van der Waals surface area contributed by atoms with Gasteiger partial charge in [0.2, 0.25) is 0 Å². The van der Waals surface area contributed by atoms with E-state index in [1.807, 2.05) is 30.3 Å². The third-order valence-electron chi connectivity index (χ3n) is 9.83. The van der Waals surface area contributed by atoms with Crippen LogP contribution in [0, 0.1) is 0 Å². The molecule has 1 aliphatic carbocycles. The summed E-state index contributed by atoms with van der Waals surface area (Å²) in [6.07, 6.45) is 8.59. The number of aromatic nitrogens is 3. The summed E-state index contributed by atoms with van der Waals surface area (Å²) in [4.78, 5) is 15.2. The number of hydrogen-bond acceptors (Lipinski definition) is 4. The second-order valence-corrected chi connectivity index (χ2v) is 12.7. The molecule has 2 heterocycles. The van der Waals surface area contributed by atoms with Crippen LogP contribution in [0.3, 0.4) is 0 Å². The van der Waals surface area contributed by atoms with Crippen LogP contribution in [-0.2, 0) is 0 Å². The molecule has 230 valence electrons. The molecule has 8 aromatic rings. The number of ether oxygens (including phenoxy) is 1. The molecule has 49 heavy (non-hydrogen) atoms. The molecule has 0 fully saturated rings. The summed E-state index contributed by atoms with van der Waals surface area (Å²) < 4.78 is 6.32. The zero-order valence-corrected chi connectivity index (χ0v) is 26.5. The second-order valence-electron chi connectivity index (χ2n) is 12.7. The zero-order chi connectivity index (χ0) is 32.3. The molecule has 4 nitrogen and oxygen atoms in total. The molecule has 0 N–H and O–H groups in total.